The Morgan fingerprint density at radius 2 is 2.08 bits per heavy atom. The first-order valence-electron chi connectivity index (χ1n) is 4.48. The van der Waals surface area contributed by atoms with E-state index < -0.39 is 13.3 Å². The maximum absolute atomic E-state index is 11.8. The molecule has 13 heavy (non-hydrogen) atoms. The molecule has 1 heterocycles. The number of hydrogen-bond acceptors (Lipinski definition) is 1. The van der Waals surface area contributed by atoms with Crippen LogP contribution in [0.2, 0.25) is 6.32 Å². The van der Waals surface area contributed by atoms with E-state index in [9.17, 15) is 17.7 Å². The molecule has 1 saturated heterocycles. The zero-order valence-electron chi connectivity index (χ0n) is 7.31. The summed E-state index contributed by atoms with van der Waals surface area (Å²) in [5, 5.41) is 0. The predicted molar refractivity (Wildman–Crippen MR) is 44.3 cm³/mol. The van der Waals surface area contributed by atoms with Gasteiger partial charge in [0, 0.05) is 19.5 Å². The normalized spacial score (nSPS) is 18.4. The number of amides is 1. The Bertz CT molecular complexity index is 195. The van der Waals surface area contributed by atoms with E-state index >= 15 is 0 Å². The van der Waals surface area contributed by atoms with Crippen LogP contribution in [0, 0.1) is 0 Å². The quantitative estimate of drug-likeness (QED) is 0.625. The summed E-state index contributed by atoms with van der Waals surface area (Å²) in [4.78, 5) is 12.5. The number of likely N-dealkylation sites (tertiary alicyclic amines) is 1. The molecular weight excluding hydrogens is 182 g/mol. The first kappa shape index (κ1) is 10.4. The maximum atomic E-state index is 11.8. The molecule has 1 aliphatic rings. The van der Waals surface area contributed by atoms with Crippen LogP contribution in [0.15, 0.2) is 0 Å². The van der Waals surface area contributed by atoms with Crippen LogP contribution in [-0.2, 0) is 4.79 Å². The van der Waals surface area contributed by atoms with E-state index in [1.807, 2.05) is 0 Å². The zero-order chi connectivity index (χ0) is 9.90. The highest BCUT2D eigenvalue weighted by atomic mass is 19.4. The molecule has 0 aromatic carbocycles. The van der Waals surface area contributed by atoms with E-state index in [2.05, 4.69) is 0 Å². The lowest BCUT2D eigenvalue weighted by atomic mass is 9.84. The fraction of sp³-hybridized carbons (Fsp3) is 0.857. The third-order valence-electron chi connectivity index (χ3n) is 2.13. The second-order valence-corrected chi connectivity index (χ2v) is 3.34. The zero-order valence-corrected chi connectivity index (χ0v) is 7.31. The van der Waals surface area contributed by atoms with Crippen molar-refractivity contribution in [1.82, 2.24) is 4.90 Å². The second-order valence-electron chi connectivity index (χ2n) is 3.34. The van der Waals surface area contributed by atoms with E-state index in [1.54, 1.807) is 0 Å². The summed E-state index contributed by atoms with van der Waals surface area (Å²) in [6.45, 7) is -3.78. The van der Waals surface area contributed by atoms with E-state index in [1.165, 1.54) is 4.90 Å². The molecule has 1 fully saturated rings. The Labute approximate surface area is 75.1 Å². The Morgan fingerprint density at radius 3 is 2.54 bits per heavy atom. The molecule has 1 aliphatic heterocycles. The van der Waals surface area contributed by atoms with Gasteiger partial charge in [-0.25, -0.2) is 0 Å². The van der Waals surface area contributed by atoms with Crippen molar-refractivity contribution in [3.8, 4) is 0 Å². The molecule has 2 nitrogen and oxygen atoms in total. The molecule has 6 heteroatoms. The van der Waals surface area contributed by atoms with Crippen LogP contribution in [0.1, 0.15) is 19.3 Å². The standard InChI is InChI=1S/C7H12BF3NO/c9-8(10,11)4-2-6-12-5-1-3-7(12)13/h1-6H2/q-1. The van der Waals surface area contributed by atoms with E-state index in [0.29, 0.717) is 13.0 Å². The van der Waals surface area contributed by atoms with E-state index in [-0.39, 0.29) is 18.9 Å². The first-order valence-corrected chi connectivity index (χ1v) is 4.48. The van der Waals surface area contributed by atoms with Crippen molar-refractivity contribution in [3.05, 3.63) is 0 Å². The predicted octanol–water partition coefficient (Wildman–Crippen LogP) is 1.85. The molecule has 1 amide bonds. The molecule has 0 saturated carbocycles. The number of carbonyl (C=O) groups is 1. The highest BCUT2D eigenvalue weighted by Gasteiger charge is 2.24. The van der Waals surface area contributed by atoms with Crippen molar-refractivity contribution in [3.63, 3.8) is 0 Å². The summed E-state index contributed by atoms with van der Waals surface area (Å²) in [5.74, 6) is -0.00493. The van der Waals surface area contributed by atoms with Crippen LogP contribution >= 0.6 is 0 Å². The summed E-state index contributed by atoms with van der Waals surface area (Å²) in [5.41, 5.74) is 0. The lowest BCUT2D eigenvalue weighted by molar-refractivity contribution is -0.127. The van der Waals surface area contributed by atoms with Gasteiger partial charge in [0.2, 0.25) is 5.91 Å². The molecule has 76 valence electrons. The van der Waals surface area contributed by atoms with Gasteiger partial charge < -0.3 is 17.8 Å². The first-order chi connectivity index (χ1) is 5.99. The monoisotopic (exact) mass is 194 g/mol. The van der Waals surface area contributed by atoms with Crippen molar-refractivity contribution in [2.75, 3.05) is 13.1 Å². The Balaban J connectivity index is 2.16. The summed E-state index contributed by atoms with van der Waals surface area (Å²) in [6, 6.07) is 0. The van der Waals surface area contributed by atoms with Gasteiger partial charge in [-0.1, -0.05) is 12.7 Å². The van der Waals surface area contributed by atoms with Gasteiger partial charge in [0.1, 0.15) is 0 Å². The molecule has 1 rings (SSSR count). The van der Waals surface area contributed by atoms with E-state index in [0.717, 1.165) is 6.42 Å². The van der Waals surface area contributed by atoms with Crippen LogP contribution in [0.4, 0.5) is 12.9 Å². The SMILES string of the molecule is O=C1CCCN1CCC[B-](F)(F)F. The van der Waals surface area contributed by atoms with Crippen LogP contribution in [-0.4, -0.2) is 30.9 Å². The fourth-order valence-corrected chi connectivity index (χ4v) is 1.45. The van der Waals surface area contributed by atoms with Crippen molar-refractivity contribution >= 4 is 12.9 Å². The highest BCUT2D eigenvalue weighted by molar-refractivity contribution is 6.58. The second kappa shape index (κ2) is 4.02. The molecule has 0 aromatic heterocycles. The smallest absolute Gasteiger partial charge is 0.449 e. The third-order valence-corrected chi connectivity index (χ3v) is 2.13. The lowest BCUT2D eigenvalue weighted by Gasteiger charge is -2.18. The van der Waals surface area contributed by atoms with Crippen molar-refractivity contribution in [2.45, 2.75) is 25.6 Å². The molecule has 0 aromatic rings. The molecule has 0 radical (unpaired) electrons. The van der Waals surface area contributed by atoms with Gasteiger partial charge in [-0.3, -0.25) is 4.79 Å². The van der Waals surface area contributed by atoms with Crippen LogP contribution in [0.25, 0.3) is 0 Å². The average molecular weight is 194 g/mol. The number of hydrogen-bond donors (Lipinski definition) is 0. The summed E-state index contributed by atoms with van der Waals surface area (Å²) >= 11 is 0. The maximum Gasteiger partial charge on any atom is 0.478 e. The van der Waals surface area contributed by atoms with Gasteiger partial charge in [-0.15, -0.1) is 0 Å². The molecule has 0 bridgehead atoms. The van der Waals surface area contributed by atoms with Crippen LogP contribution < -0.4 is 0 Å². The molecule has 0 atom stereocenters. The van der Waals surface area contributed by atoms with Gasteiger partial charge in [0.05, 0.1) is 0 Å². The van der Waals surface area contributed by atoms with Crippen molar-refractivity contribution < 1.29 is 17.7 Å². The molecular formula is C7H12BF3NO-. The minimum atomic E-state index is -4.68. The summed E-state index contributed by atoms with van der Waals surface area (Å²) in [6.07, 6.45) is 0.603. The fourth-order valence-electron chi connectivity index (χ4n) is 1.45. The minimum absolute atomic E-state index is 0.00493. The number of rotatable bonds is 4. The number of halogens is 3. The molecule has 0 aliphatic carbocycles. The number of nitrogens with zero attached hydrogens (tertiary/aromatic N) is 1. The Kier molecular flexibility index (Phi) is 3.22. The van der Waals surface area contributed by atoms with Crippen LogP contribution in [0.5, 0.6) is 0 Å². The minimum Gasteiger partial charge on any atom is -0.449 e. The molecule has 0 spiro atoms. The molecule has 0 N–H and O–H groups in total. The van der Waals surface area contributed by atoms with Crippen molar-refractivity contribution in [1.29, 1.82) is 0 Å². The van der Waals surface area contributed by atoms with Crippen LogP contribution in [0.3, 0.4) is 0 Å². The Hall–Kier alpha value is -0.675. The Morgan fingerprint density at radius 1 is 1.38 bits per heavy atom. The molecule has 0 unspecified atom stereocenters. The largest absolute Gasteiger partial charge is 0.478 e. The van der Waals surface area contributed by atoms with Crippen molar-refractivity contribution in [2.24, 2.45) is 0 Å². The van der Waals surface area contributed by atoms with Gasteiger partial charge in [0.25, 0.3) is 0 Å². The number of carbonyl (C=O) groups excluding carboxylic acids is 1. The summed E-state index contributed by atoms with van der Waals surface area (Å²) in [7, 11) is 0. The third kappa shape index (κ3) is 3.70. The van der Waals surface area contributed by atoms with Gasteiger partial charge in [-0.05, 0) is 6.42 Å². The average Bonchev–Trinajstić information content (AvgIpc) is 2.34. The van der Waals surface area contributed by atoms with Gasteiger partial charge in [0.15, 0.2) is 0 Å². The van der Waals surface area contributed by atoms with E-state index in [4.69, 9.17) is 0 Å². The lowest BCUT2D eigenvalue weighted by Crippen LogP contribution is -2.27. The topological polar surface area (TPSA) is 20.3 Å². The highest BCUT2D eigenvalue weighted by Crippen LogP contribution is 2.18. The van der Waals surface area contributed by atoms with Gasteiger partial charge >= 0.3 is 6.98 Å². The summed E-state index contributed by atoms with van der Waals surface area (Å²) < 4.78 is 35.4. The van der Waals surface area contributed by atoms with Gasteiger partial charge in [-0.2, -0.15) is 0 Å².